The molecule has 0 saturated carbocycles. The molecule has 2 N–H and O–H groups in total. The Morgan fingerprint density at radius 1 is 1.62 bits per heavy atom. The molecule has 1 aliphatic heterocycles. The van der Waals surface area contributed by atoms with Gasteiger partial charge in [-0.3, -0.25) is 4.98 Å². The smallest absolute Gasteiger partial charge is 0.410 e. The minimum Gasteiger partial charge on any atom is -0.439 e. The van der Waals surface area contributed by atoms with E-state index in [-0.39, 0.29) is 12.2 Å². The van der Waals surface area contributed by atoms with Crippen LogP contribution in [0.3, 0.4) is 0 Å². The second-order valence-electron chi connectivity index (χ2n) is 3.75. The van der Waals surface area contributed by atoms with Crippen LogP contribution in [0.25, 0.3) is 0 Å². The molecule has 1 aliphatic rings. The van der Waals surface area contributed by atoms with Gasteiger partial charge in [-0.05, 0) is 19.0 Å². The standard InChI is InChI=1S/C11H15N3O2/c12-4-2-6-14-8-10(16-11(14)15)9-3-1-5-13-7-9/h1,3,5,7,10H,2,4,6,8,12H2. The third-order valence-corrected chi connectivity index (χ3v) is 2.58. The van der Waals surface area contributed by atoms with Gasteiger partial charge in [-0.15, -0.1) is 0 Å². The minimum atomic E-state index is -0.262. The number of rotatable bonds is 4. The van der Waals surface area contributed by atoms with E-state index >= 15 is 0 Å². The summed E-state index contributed by atoms with van der Waals surface area (Å²) in [6, 6.07) is 3.75. The average Bonchev–Trinajstić information content (AvgIpc) is 2.69. The molecule has 1 saturated heterocycles. The predicted molar refractivity (Wildman–Crippen MR) is 58.7 cm³/mol. The van der Waals surface area contributed by atoms with Gasteiger partial charge in [-0.2, -0.15) is 0 Å². The van der Waals surface area contributed by atoms with Crippen molar-refractivity contribution in [2.45, 2.75) is 12.5 Å². The lowest BCUT2D eigenvalue weighted by Gasteiger charge is -2.11. The molecule has 0 aliphatic carbocycles. The summed E-state index contributed by atoms with van der Waals surface area (Å²) in [5.74, 6) is 0. The zero-order valence-electron chi connectivity index (χ0n) is 9.00. The first-order valence-corrected chi connectivity index (χ1v) is 5.37. The lowest BCUT2D eigenvalue weighted by Crippen LogP contribution is -2.27. The molecule has 2 heterocycles. The second kappa shape index (κ2) is 4.94. The first-order chi connectivity index (χ1) is 7.81. The van der Waals surface area contributed by atoms with Crippen molar-refractivity contribution in [1.82, 2.24) is 9.88 Å². The Hall–Kier alpha value is -1.62. The molecule has 1 unspecified atom stereocenters. The topological polar surface area (TPSA) is 68.4 Å². The molecule has 1 atom stereocenters. The molecule has 0 aromatic carbocycles. The van der Waals surface area contributed by atoms with Crippen molar-refractivity contribution in [3.05, 3.63) is 30.1 Å². The Morgan fingerprint density at radius 3 is 3.19 bits per heavy atom. The van der Waals surface area contributed by atoms with Gasteiger partial charge in [-0.1, -0.05) is 6.07 Å². The highest BCUT2D eigenvalue weighted by molar-refractivity contribution is 5.70. The van der Waals surface area contributed by atoms with E-state index in [9.17, 15) is 4.79 Å². The SMILES string of the molecule is NCCCN1CC(c2cccnc2)OC1=O. The average molecular weight is 221 g/mol. The van der Waals surface area contributed by atoms with Gasteiger partial charge < -0.3 is 15.4 Å². The van der Waals surface area contributed by atoms with Crippen LogP contribution in [0.5, 0.6) is 0 Å². The highest BCUT2D eigenvalue weighted by Crippen LogP contribution is 2.25. The number of amides is 1. The Kier molecular flexibility index (Phi) is 3.36. The van der Waals surface area contributed by atoms with Gasteiger partial charge in [0, 0.05) is 24.5 Å². The fourth-order valence-corrected chi connectivity index (χ4v) is 1.71. The van der Waals surface area contributed by atoms with Gasteiger partial charge in [0.25, 0.3) is 0 Å². The van der Waals surface area contributed by atoms with Crippen molar-refractivity contribution in [3.8, 4) is 0 Å². The number of aromatic nitrogens is 1. The summed E-state index contributed by atoms with van der Waals surface area (Å²) in [6.07, 6.45) is 3.77. The zero-order valence-corrected chi connectivity index (χ0v) is 9.00. The number of hydrogen-bond donors (Lipinski definition) is 1. The van der Waals surface area contributed by atoms with E-state index < -0.39 is 0 Å². The van der Waals surface area contributed by atoms with E-state index in [0.717, 1.165) is 12.0 Å². The summed E-state index contributed by atoms with van der Waals surface area (Å²) in [7, 11) is 0. The maximum atomic E-state index is 11.5. The molecule has 2 rings (SSSR count). The highest BCUT2D eigenvalue weighted by Gasteiger charge is 2.31. The molecule has 16 heavy (non-hydrogen) atoms. The van der Waals surface area contributed by atoms with E-state index in [1.807, 2.05) is 12.1 Å². The highest BCUT2D eigenvalue weighted by atomic mass is 16.6. The third kappa shape index (κ3) is 2.30. The lowest BCUT2D eigenvalue weighted by molar-refractivity contribution is 0.132. The van der Waals surface area contributed by atoms with Crippen LogP contribution in [0.1, 0.15) is 18.1 Å². The quantitative estimate of drug-likeness (QED) is 0.821. The predicted octanol–water partition coefficient (Wildman–Crippen LogP) is 0.924. The van der Waals surface area contributed by atoms with E-state index in [4.69, 9.17) is 10.5 Å². The number of nitrogens with two attached hydrogens (primary N) is 1. The van der Waals surface area contributed by atoms with Gasteiger partial charge >= 0.3 is 6.09 Å². The van der Waals surface area contributed by atoms with Gasteiger partial charge in [0.1, 0.15) is 6.10 Å². The summed E-state index contributed by atoms with van der Waals surface area (Å²) in [5.41, 5.74) is 6.35. The number of pyridine rings is 1. The van der Waals surface area contributed by atoms with E-state index in [0.29, 0.717) is 19.6 Å². The molecular weight excluding hydrogens is 206 g/mol. The van der Waals surface area contributed by atoms with E-state index in [2.05, 4.69) is 4.98 Å². The Bertz CT molecular complexity index is 356. The van der Waals surface area contributed by atoms with E-state index in [1.165, 1.54) is 0 Å². The van der Waals surface area contributed by atoms with Crippen molar-refractivity contribution in [2.75, 3.05) is 19.6 Å². The zero-order chi connectivity index (χ0) is 11.4. The van der Waals surface area contributed by atoms with Crippen molar-refractivity contribution >= 4 is 6.09 Å². The largest absolute Gasteiger partial charge is 0.439 e. The fourth-order valence-electron chi connectivity index (χ4n) is 1.71. The molecule has 0 radical (unpaired) electrons. The monoisotopic (exact) mass is 221 g/mol. The number of ether oxygens (including phenoxy) is 1. The first kappa shape index (κ1) is 10.9. The lowest BCUT2D eigenvalue weighted by atomic mass is 10.1. The van der Waals surface area contributed by atoms with Gasteiger partial charge in [0.15, 0.2) is 0 Å². The second-order valence-corrected chi connectivity index (χ2v) is 3.75. The number of carbonyl (C=O) groups is 1. The molecular formula is C11H15N3O2. The molecule has 1 fully saturated rings. The molecule has 0 spiro atoms. The Morgan fingerprint density at radius 2 is 2.50 bits per heavy atom. The van der Waals surface area contributed by atoms with Crippen LogP contribution in [-0.2, 0) is 4.74 Å². The maximum Gasteiger partial charge on any atom is 0.410 e. The van der Waals surface area contributed by atoms with Crippen LogP contribution < -0.4 is 5.73 Å². The molecule has 5 heteroatoms. The van der Waals surface area contributed by atoms with Gasteiger partial charge in [-0.25, -0.2) is 4.79 Å². The van der Waals surface area contributed by atoms with E-state index in [1.54, 1.807) is 17.3 Å². The summed E-state index contributed by atoms with van der Waals surface area (Å²) >= 11 is 0. The summed E-state index contributed by atoms with van der Waals surface area (Å²) in [5, 5.41) is 0. The van der Waals surface area contributed by atoms with Gasteiger partial charge in [0.05, 0.1) is 6.54 Å². The molecule has 0 bridgehead atoms. The molecule has 5 nitrogen and oxygen atoms in total. The van der Waals surface area contributed by atoms with Crippen molar-refractivity contribution < 1.29 is 9.53 Å². The molecule has 1 aromatic rings. The number of hydrogen-bond acceptors (Lipinski definition) is 4. The summed E-state index contributed by atoms with van der Waals surface area (Å²) < 4.78 is 5.26. The Labute approximate surface area is 94.2 Å². The molecule has 1 amide bonds. The van der Waals surface area contributed by atoms with Crippen molar-refractivity contribution in [2.24, 2.45) is 5.73 Å². The number of carbonyl (C=O) groups excluding carboxylic acids is 1. The maximum absolute atomic E-state index is 11.5. The van der Waals surface area contributed by atoms with Crippen LogP contribution in [0, 0.1) is 0 Å². The molecule has 1 aromatic heterocycles. The summed E-state index contributed by atoms with van der Waals surface area (Å²) in [4.78, 5) is 17.2. The van der Waals surface area contributed by atoms with Crippen molar-refractivity contribution in [3.63, 3.8) is 0 Å². The van der Waals surface area contributed by atoms with Crippen LogP contribution in [0.2, 0.25) is 0 Å². The summed E-state index contributed by atoms with van der Waals surface area (Å²) in [6.45, 7) is 1.83. The minimum absolute atomic E-state index is 0.195. The third-order valence-electron chi connectivity index (χ3n) is 2.58. The normalized spacial score (nSPS) is 19.9. The van der Waals surface area contributed by atoms with Crippen LogP contribution in [-0.4, -0.2) is 35.6 Å². The molecule has 86 valence electrons. The van der Waals surface area contributed by atoms with Gasteiger partial charge in [0.2, 0.25) is 0 Å². The van der Waals surface area contributed by atoms with Crippen LogP contribution >= 0.6 is 0 Å². The van der Waals surface area contributed by atoms with Crippen molar-refractivity contribution in [1.29, 1.82) is 0 Å². The van der Waals surface area contributed by atoms with Crippen LogP contribution in [0.4, 0.5) is 4.79 Å². The van der Waals surface area contributed by atoms with Crippen LogP contribution in [0.15, 0.2) is 24.5 Å². The number of cyclic esters (lactones) is 1. The first-order valence-electron chi connectivity index (χ1n) is 5.37. The number of nitrogens with zero attached hydrogens (tertiary/aromatic N) is 2. The fraction of sp³-hybridized carbons (Fsp3) is 0.455. The Balaban J connectivity index is 1.98.